The largest absolute Gasteiger partial charge is 0.355 e. The second-order valence-corrected chi connectivity index (χ2v) is 8.61. The first-order valence-corrected chi connectivity index (χ1v) is 11.0. The summed E-state index contributed by atoms with van der Waals surface area (Å²) in [6, 6.07) is 5.29. The average molecular weight is 434 g/mol. The standard InChI is InChI=1S/C21H25F2N5OS/c1-13-16(14-3-2-4-14)12-17(19(26-13)28-9-6-21(22,23)7-10-28)20(29)27-15-5-8-25-18(11-15)30-24/h5,8,11-12,14H,2-4,6-7,9-10,24H2,1H3,(H,25,27,29). The van der Waals surface area contributed by atoms with Gasteiger partial charge in [-0.1, -0.05) is 6.42 Å². The van der Waals surface area contributed by atoms with Crippen LogP contribution < -0.4 is 15.4 Å². The van der Waals surface area contributed by atoms with Crippen LogP contribution >= 0.6 is 11.9 Å². The summed E-state index contributed by atoms with van der Waals surface area (Å²) < 4.78 is 27.3. The number of hydrogen-bond acceptors (Lipinski definition) is 6. The normalized spacial score (nSPS) is 18.7. The van der Waals surface area contributed by atoms with Crippen LogP contribution in [0, 0.1) is 6.92 Å². The van der Waals surface area contributed by atoms with Gasteiger partial charge in [-0.2, -0.15) is 0 Å². The molecule has 2 aromatic rings. The van der Waals surface area contributed by atoms with Crippen LogP contribution in [-0.2, 0) is 0 Å². The molecule has 2 aliphatic rings. The molecule has 1 amide bonds. The fourth-order valence-corrected chi connectivity index (χ4v) is 4.26. The van der Waals surface area contributed by atoms with Gasteiger partial charge in [0.15, 0.2) is 0 Å². The van der Waals surface area contributed by atoms with Crippen molar-refractivity contribution < 1.29 is 13.6 Å². The van der Waals surface area contributed by atoms with Crippen molar-refractivity contribution in [2.45, 2.75) is 55.9 Å². The van der Waals surface area contributed by atoms with Crippen molar-refractivity contribution >= 4 is 29.4 Å². The van der Waals surface area contributed by atoms with Gasteiger partial charge in [-0.3, -0.25) is 9.93 Å². The number of carbonyl (C=O) groups is 1. The number of nitrogens with one attached hydrogen (secondary N) is 1. The van der Waals surface area contributed by atoms with Crippen molar-refractivity contribution in [2.75, 3.05) is 23.3 Å². The molecule has 6 nitrogen and oxygen atoms in total. The summed E-state index contributed by atoms with van der Waals surface area (Å²) in [5, 5.41) is 9.03. The third kappa shape index (κ3) is 4.41. The number of nitrogens with two attached hydrogens (primary N) is 1. The Morgan fingerprint density at radius 1 is 1.30 bits per heavy atom. The van der Waals surface area contributed by atoms with Crippen LogP contribution in [0.15, 0.2) is 29.4 Å². The Kier molecular flexibility index (Phi) is 5.92. The highest BCUT2D eigenvalue weighted by Gasteiger charge is 2.36. The third-order valence-corrected chi connectivity index (χ3v) is 6.39. The van der Waals surface area contributed by atoms with Crippen LogP contribution in [0.4, 0.5) is 20.3 Å². The highest BCUT2D eigenvalue weighted by atomic mass is 32.2. The van der Waals surface area contributed by atoms with E-state index < -0.39 is 5.92 Å². The summed E-state index contributed by atoms with van der Waals surface area (Å²) in [5.41, 5.74) is 2.94. The molecule has 1 saturated heterocycles. The van der Waals surface area contributed by atoms with Crippen molar-refractivity contribution in [1.29, 1.82) is 0 Å². The molecule has 3 heterocycles. The molecule has 0 aromatic carbocycles. The van der Waals surface area contributed by atoms with E-state index in [1.54, 1.807) is 23.2 Å². The van der Waals surface area contributed by atoms with E-state index in [0.717, 1.165) is 36.0 Å². The van der Waals surface area contributed by atoms with Gasteiger partial charge in [-0.05, 0) is 61.4 Å². The summed E-state index contributed by atoms with van der Waals surface area (Å²) >= 11 is 0.996. The molecule has 1 aliphatic carbocycles. The predicted molar refractivity (Wildman–Crippen MR) is 114 cm³/mol. The number of nitrogens with zero attached hydrogens (tertiary/aromatic N) is 3. The zero-order valence-corrected chi connectivity index (χ0v) is 17.6. The smallest absolute Gasteiger partial charge is 0.259 e. The average Bonchev–Trinajstić information content (AvgIpc) is 2.68. The second kappa shape index (κ2) is 8.47. The molecule has 160 valence electrons. The van der Waals surface area contributed by atoms with Gasteiger partial charge in [-0.25, -0.2) is 18.7 Å². The van der Waals surface area contributed by atoms with Crippen LogP contribution in [-0.4, -0.2) is 34.9 Å². The molecule has 30 heavy (non-hydrogen) atoms. The topological polar surface area (TPSA) is 84.1 Å². The SMILES string of the molecule is Cc1nc(N2CCC(F)(F)CC2)c(C(=O)Nc2ccnc(SN)c2)cc1C1CCC1. The van der Waals surface area contributed by atoms with Crippen molar-refractivity contribution in [2.24, 2.45) is 5.14 Å². The minimum Gasteiger partial charge on any atom is -0.355 e. The molecule has 9 heteroatoms. The van der Waals surface area contributed by atoms with Gasteiger partial charge in [0.05, 0.1) is 5.56 Å². The Morgan fingerprint density at radius 3 is 2.67 bits per heavy atom. The summed E-state index contributed by atoms with van der Waals surface area (Å²) in [6.45, 7) is 2.28. The maximum absolute atomic E-state index is 13.7. The van der Waals surface area contributed by atoms with E-state index >= 15 is 0 Å². The number of alkyl halides is 2. The molecular formula is C21H25F2N5OS. The van der Waals surface area contributed by atoms with E-state index in [1.807, 2.05) is 13.0 Å². The van der Waals surface area contributed by atoms with E-state index in [1.165, 1.54) is 6.42 Å². The van der Waals surface area contributed by atoms with Crippen molar-refractivity contribution in [3.05, 3.63) is 41.2 Å². The van der Waals surface area contributed by atoms with Crippen LogP contribution in [0.3, 0.4) is 0 Å². The fourth-order valence-electron chi connectivity index (χ4n) is 3.94. The molecular weight excluding hydrogens is 408 g/mol. The lowest BCUT2D eigenvalue weighted by molar-refractivity contribution is -0.0221. The van der Waals surface area contributed by atoms with Gasteiger partial charge in [0, 0.05) is 43.5 Å². The predicted octanol–water partition coefficient (Wildman–Crippen LogP) is 4.51. The Balaban J connectivity index is 1.67. The van der Waals surface area contributed by atoms with Crippen LogP contribution in [0.25, 0.3) is 0 Å². The lowest BCUT2D eigenvalue weighted by Crippen LogP contribution is -2.40. The van der Waals surface area contributed by atoms with Gasteiger partial charge in [0.25, 0.3) is 11.8 Å². The van der Waals surface area contributed by atoms with Crippen molar-refractivity contribution in [3.8, 4) is 0 Å². The minimum absolute atomic E-state index is 0.172. The number of rotatable bonds is 5. The Bertz CT molecular complexity index is 941. The Hall–Kier alpha value is -2.26. The van der Waals surface area contributed by atoms with E-state index in [0.29, 0.717) is 28.0 Å². The van der Waals surface area contributed by atoms with Crippen LogP contribution in [0.2, 0.25) is 0 Å². The molecule has 0 bridgehead atoms. The van der Waals surface area contributed by atoms with Gasteiger partial charge in [0.2, 0.25) is 0 Å². The van der Waals surface area contributed by atoms with Crippen LogP contribution in [0.1, 0.15) is 59.6 Å². The first-order valence-electron chi connectivity index (χ1n) is 10.1. The van der Waals surface area contributed by atoms with E-state index in [4.69, 9.17) is 10.1 Å². The number of halogens is 2. The first kappa shape index (κ1) is 21.0. The maximum atomic E-state index is 13.7. The van der Waals surface area contributed by atoms with Gasteiger partial charge in [-0.15, -0.1) is 0 Å². The number of piperidine rings is 1. The summed E-state index contributed by atoms with van der Waals surface area (Å²) in [4.78, 5) is 23.8. The van der Waals surface area contributed by atoms with E-state index in [-0.39, 0.29) is 31.8 Å². The summed E-state index contributed by atoms with van der Waals surface area (Å²) in [6.07, 6.45) is 4.44. The summed E-state index contributed by atoms with van der Waals surface area (Å²) in [5.74, 6) is -2.08. The highest BCUT2D eigenvalue weighted by molar-refractivity contribution is 7.97. The first-order chi connectivity index (χ1) is 14.4. The number of aryl methyl sites for hydroxylation is 1. The Labute approximate surface area is 178 Å². The summed E-state index contributed by atoms with van der Waals surface area (Å²) in [7, 11) is 0. The van der Waals surface area contributed by atoms with Crippen molar-refractivity contribution in [3.63, 3.8) is 0 Å². The fraction of sp³-hybridized carbons (Fsp3) is 0.476. The number of aromatic nitrogens is 2. The van der Waals surface area contributed by atoms with E-state index in [9.17, 15) is 13.6 Å². The zero-order valence-electron chi connectivity index (χ0n) is 16.8. The molecule has 4 rings (SSSR count). The van der Waals surface area contributed by atoms with Crippen molar-refractivity contribution in [1.82, 2.24) is 9.97 Å². The zero-order chi connectivity index (χ0) is 21.3. The van der Waals surface area contributed by atoms with Gasteiger partial charge in [0.1, 0.15) is 10.8 Å². The molecule has 0 radical (unpaired) electrons. The number of anilines is 2. The molecule has 2 aromatic heterocycles. The second-order valence-electron chi connectivity index (χ2n) is 7.96. The van der Waals surface area contributed by atoms with Gasteiger partial charge >= 0.3 is 0 Å². The number of hydrogen-bond donors (Lipinski definition) is 2. The monoisotopic (exact) mass is 433 g/mol. The third-order valence-electron chi connectivity index (χ3n) is 5.93. The molecule has 1 saturated carbocycles. The van der Waals surface area contributed by atoms with Crippen LogP contribution in [0.5, 0.6) is 0 Å². The number of amides is 1. The highest BCUT2D eigenvalue weighted by Crippen LogP contribution is 2.40. The quantitative estimate of drug-likeness (QED) is 0.675. The van der Waals surface area contributed by atoms with E-state index in [2.05, 4.69) is 10.3 Å². The number of pyridine rings is 2. The number of carbonyl (C=O) groups excluding carboxylic acids is 1. The lowest BCUT2D eigenvalue weighted by atomic mass is 9.79. The lowest BCUT2D eigenvalue weighted by Gasteiger charge is -2.34. The molecule has 1 aliphatic heterocycles. The molecule has 0 unspecified atom stereocenters. The molecule has 2 fully saturated rings. The van der Waals surface area contributed by atoms with Gasteiger partial charge < -0.3 is 10.2 Å². The Morgan fingerprint density at radius 2 is 2.03 bits per heavy atom. The molecule has 3 N–H and O–H groups in total. The molecule has 0 atom stereocenters. The minimum atomic E-state index is -2.66. The maximum Gasteiger partial charge on any atom is 0.259 e. The molecule has 0 spiro atoms.